The van der Waals surface area contributed by atoms with Gasteiger partial charge in [0.25, 0.3) is 0 Å². The van der Waals surface area contributed by atoms with Gasteiger partial charge in [0.15, 0.2) is 0 Å². The molecule has 0 amide bonds. The molecule has 0 spiro atoms. The topological polar surface area (TPSA) is 100 Å². The van der Waals surface area contributed by atoms with Crippen LogP contribution in [-0.2, 0) is 10.9 Å². The van der Waals surface area contributed by atoms with Crippen LogP contribution in [0.1, 0.15) is 0 Å². The minimum Gasteiger partial charge on any atom is -0.693 e. The monoisotopic (exact) mass is 212 g/mol. The van der Waals surface area contributed by atoms with E-state index in [-0.39, 0.29) is 18.5 Å². The SMILES string of the molecule is [Cl][Co]([Cl])[Cl].[NH2-].[NH2-].[NH2-]. The van der Waals surface area contributed by atoms with Crippen molar-refractivity contribution in [2.75, 3.05) is 0 Å². The van der Waals surface area contributed by atoms with Crippen LogP contribution in [0.4, 0.5) is 0 Å². The van der Waals surface area contributed by atoms with Crippen LogP contribution in [0.2, 0.25) is 0 Å². The van der Waals surface area contributed by atoms with Crippen LogP contribution < -0.4 is 0 Å². The molecule has 0 bridgehead atoms. The third-order valence-electron chi connectivity index (χ3n) is 0. The van der Waals surface area contributed by atoms with Gasteiger partial charge >= 0.3 is 41.4 Å². The normalized spacial score (nSPS) is 6.43. The summed E-state index contributed by atoms with van der Waals surface area (Å²) in [5.41, 5.74) is 0. The summed E-state index contributed by atoms with van der Waals surface area (Å²) in [5.74, 6) is 0. The van der Waals surface area contributed by atoms with Crippen molar-refractivity contribution in [1.29, 1.82) is 0 Å². The summed E-state index contributed by atoms with van der Waals surface area (Å²) in [7, 11) is 13.4. The number of halogens is 3. The molecule has 0 aliphatic carbocycles. The van der Waals surface area contributed by atoms with Crippen LogP contribution in [0.25, 0.3) is 18.5 Å². The van der Waals surface area contributed by atoms with E-state index in [0.717, 1.165) is 0 Å². The Labute approximate surface area is 59.9 Å². The van der Waals surface area contributed by atoms with Crippen molar-refractivity contribution in [2.24, 2.45) is 0 Å². The van der Waals surface area contributed by atoms with Crippen molar-refractivity contribution in [2.45, 2.75) is 0 Å². The first-order chi connectivity index (χ1) is 1.73. The fraction of sp³-hybridized carbons (Fsp3) is 0. The van der Waals surface area contributed by atoms with Gasteiger partial charge in [-0.2, -0.15) is 0 Å². The van der Waals surface area contributed by atoms with Gasteiger partial charge in [-0.1, -0.05) is 0 Å². The van der Waals surface area contributed by atoms with Gasteiger partial charge in [-0.05, 0) is 0 Å². The van der Waals surface area contributed by atoms with Gasteiger partial charge < -0.3 is 18.5 Å². The van der Waals surface area contributed by atoms with E-state index in [9.17, 15) is 0 Å². The fourth-order valence-corrected chi connectivity index (χ4v) is 0. The van der Waals surface area contributed by atoms with Crippen molar-refractivity contribution in [3.63, 3.8) is 0 Å². The van der Waals surface area contributed by atoms with Crippen molar-refractivity contribution in [3.8, 4) is 0 Å². The molecule has 0 saturated heterocycles. The molecule has 54 valence electrons. The summed E-state index contributed by atoms with van der Waals surface area (Å²) in [5, 5.41) is 0. The molecule has 0 rings (SSSR count). The van der Waals surface area contributed by atoms with Crippen molar-refractivity contribution >= 4 is 30.4 Å². The summed E-state index contributed by atoms with van der Waals surface area (Å²) in [6.07, 6.45) is 0. The average molecular weight is 213 g/mol. The Kier molecular flexibility index (Phi) is 53.7. The zero-order valence-corrected chi connectivity index (χ0v) is 6.51. The standard InChI is InChI=1S/3ClH.Co.3H2N/h3*1H;;3*1H2/q;;;+3;3*-1/p-3. The Bertz CT molecular complexity index is 14.9. The van der Waals surface area contributed by atoms with E-state index in [4.69, 9.17) is 30.4 Å². The molecule has 0 aromatic heterocycles. The quantitative estimate of drug-likeness (QED) is 0.575. The van der Waals surface area contributed by atoms with E-state index in [0.29, 0.717) is 0 Å². The first-order valence-corrected chi connectivity index (χ1v) is 4.68. The maximum absolute atomic E-state index is 4.87. The molecule has 0 aliphatic heterocycles. The van der Waals surface area contributed by atoms with Gasteiger partial charge in [0.2, 0.25) is 0 Å². The van der Waals surface area contributed by atoms with Crippen LogP contribution in [0.5, 0.6) is 0 Å². The summed E-state index contributed by atoms with van der Waals surface area (Å²) in [6, 6.07) is 0. The molecule has 0 aliphatic rings. The van der Waals surface area contributed by atoms with E-state index in [2.05, 4.69) is 0 Å². The molecule has 0 saturated carbocycles. The van der Waals surface area contributed by atoms with Crippen molar-refractivity contribution in [3.05, 3.63) is 18.5 Å². The van der Waals surface area contributed by atoms with E-state index in [1.54, 1.807) is 0 Å². The Hall–Kier alpha value is 1.26. The van der Waals surface area contributed by atoms with Gasteiger partial charge in [0.1, 0.15) is 0 Å². The molecule has 6 N–H and O–H groups in total. The van der Waals surface area contributed by atoms with Gasteiger partial charge in [0, 0.05) is 0 Å². The zero-order chi connectivity index (χ0) is 3.58. The molecule has 0 heterocycles. The van der Waals surface area contributed by atoms with Crippen LogP contribution in [0.15, 0.2) is 0 Å². The molecule has 0 radical (unpaired) electrons. The summed E-state index contributed by atoms with van der Waals surface area (Å²) < 4.78 is 0. The fourth-order valence-electron chi connectivity index (χ4n) is 0. The number of hydrogen-bond acceptors (Lipinski definition) is 0. The maximum Gasteiger partial charge on any atom is -0.693 e. The van der Waals surface area contributed by atoms with E-state index < -0.39 is 10.9 Å². The van der Waals surface area contributed by atoms with Crippen LogP contribution in [-0.4, -0.2) is 0 Å². The first kappa shape index (κ1) is 24.0. The van der Waals surface area contributed by atoms with Crippen LogP contribution in [0, 0.1) is 0 Å². The second kappa shape index (κ2) is 15.7. The first-order valence-electron chi connectivity index (χ1n) is 0.378. The molecule has 0 aromatic carbocycles. The molecule has 0 fully saturated rings. The molecule has 0 atom stereocenters. The van der Waals surface area contributed by atoms with E-state index in [1.807, 2.05) is 0 Å². The molecular weight excluding hydrogens is 207 g/mol. The summed E-state index contributed by atoms with van der Waals surface area (Å²) in [6.45, 7) is 0. The molecule has 7 heavy (non-hydrogen) atoms. The van der Waals surface area contributed by atoms with Gasteiger partial charge in [-0.25, -0.2) is 0 Å². The third kappa shape index (κ3) is 127. The maximum atomic E-state index is 4.87. The predicted molar refractivity (Wildman–Crippen MR) is 33.4 cm³/mol. The minimum atomic E-state index is -1.19. The van der Waals surface area contributed by atoms with Gasteiger partial charge in [0.05, 0.1) is 0 Å². The number of nitrogens with two attached hydrogens (primary N) is 3. The van der Waals surface area contributed by atoms with Crippen molar-refractivity contribution in [1.82, 2.24) is 0 Å². The Morgan fingerprint density at radius 1 is 0.714 bits per heavy atom. The second-order valence-corrected chi connectivity index (χ2v) is 5.30. The Balaban J connectivity index is -0.0000000150. The molecule has 7 heteroatoms. The number of hydrogen-bond donors (Lipinski definition) is 0. The largest absolute Gasteiger partial charge is 0.693 e. The van der Waals surface area contributed by atoms with E-state index in [1.165, 1.54) is 0 Å². The van der Waals surface area contributed by atoms with Gasteiger partial charge in [-0.3, -0.25) is 0 Å². The Morgan fingerprint density at radius 3 is 0.714 bits per heavy atom. The molecule has 0 unspecified atom stereocenters. The van der Waals surface area contributed by atoms with E-state index >= 15 is 0 Å². The smallest absolute Gasteiger partial charge is 0.693 e. The minimum absolute atomic E-state index is 0. The molecule has 3 nitrogen and oxygen atoms in total. The Morgan fingerprint density at radius 2 is 0.714 bits per heavy atom. The zero-order valence-electron chi connectivity index (χ0n) is 3.20. The molecular formula is H6Cl3CoN3-3. The van der Waals surface area contributed by atoms with Crippen LogP contribution >= 0.6 is 30.4 Å². The van der Waals surface area contributed by atoms with Crippen LogP contribution in [0.3, 0.4) is 0 Å². The average Bonchev–Trinajstić information content (AvgIpc) is 0.811. The number of rotatable bonds is 0. The third-order valence-corrected chi connectivity index (χ3v) is 0. The molecule has 0 aromatic rings. The van der Waals surface area contributed by atoms with Crippen molar-refractivity contribution < 1.29 is 10.9 Å². The summed E-state index contributed by atoms with van der Waals surface area (Å²) in [4.78, 5) is 0. The predicted octanol–water partition coefficient (Wildman–Crippen LogP) is 4.22. The van der Waals surface area contributed by atoms with Gasteiger partial charge in [-0.15, -0.1) is 0 Å². The summed E-state index contributed by atoms with van der Waals surface area (Å²) >= 11 is 0. The second-order valence-electron chi connectivity index (χ2n) is 0.143.